The number of hydrogen-bond acceptors (Lipinski definition) is 6. The maximum absolute atomic E-state index is 12.2. The van der Waals surface area contributed by atoms with E-state index in [1.165, 1.54) is 12.1 Å². The van der Waals surface area contributed by atoms with Crippen molar-refractivity contribution in [3.63, 3.8) is 0 Å². The maximum atomic E-state index is 12.2. The molecule has 138 valence electrons. The number of nitro benzene ring substituents is 1. The Hall–Kier alpha value is -2.94. The molecule has 2 rings (SSSR count). The Kier molecular flexibility index (Phi) is 5.31. The molecule has 0 radical (unpaired) electrons. The highest BCUT2D eigenvalue weighted by Crippen LogP contribution is 2.23. The number of aromatic hydroxyl groups is 1. The zero-order valence-electron chi connectivity index (χ0n) is 14.5. The van der Waals surface area contributed by atoms with E-state index in [9.17, 15) is 23.6 Å². The van der Waals surface area contributed by atoms with E-state index in [4.69, 9.17) is 0 Å². The summed E-state index contributed by atoms with van der Waals surface area (Å²) in [7, 11) is -3.90. The van der Waals surface area contributed by atoms with Crippen LogP contribution in [0.25, 0.3) is 0 Å². The van der Waals surface area contributed by atoms with E-state index in [-0.39, 0.29) is 27.3 Å². The van der Waals surface area contributed by atoms with Gasteiger partial charge in [0.15, 0.2) is 0 Å². The molecule has 0 saturated heterocycles. The van der Waals surface area contributed by atoms with Crippen molar-refractivity contribution in [2.75, 3.05) is 0 Å². The SMILES string of the molecule is CC(C)(C)c1ccc(S(=O)(=O)N/N=C\c2cc([N+](=O)[O-])ccc2O)cc1. The fourth-order valence-electron chi connectivity index (χ4n) is 2.11. The minimum absolute atomic E-state index is 0.0185. The smallest absolute Gasteiger partial charge is 0.276 e. The molecule has 0 aliphatic carbocycles. The topological polar surface area (TPSA) is 122 Å². The molecule has 2 aromatic carbocycles. The van der Waals surface area contributed by atoms with Gasteiger partial charge in [0.05, 0.1) is 16.0 Å². The lowest BCUT2D eigenvalue weighted by Crippen LogP contribution is -2.19. The van der Waals surface area contributed by atoms with E-state index in [0.717, 1.165) is 30.0 Å². The monoisotopic (exact) mass is 377 g/mol. The van der Waals surface area contributed by atoms with Crippen LogP contribution >= 0.6 is 0 Å². The van der Waals surface area contributed by atoms with Crippen molar-refractivity contribution in [1.82, 2.24) is 4.83 Å². The van der Waals surface area contributed by atoms with Crippen LogP contribution in [0.5, 0.6) is 5.75 Å². The molecule has 8 nitrogen and oxygen atoms in total. The van der Waals surface area contributed by atoms with Gasteiger partial charge in [-0.25, -0.2) is 4.83 Å². The summed E-state index contributed by atoms with van der Waals surface area (Å²) in [6, 6.07) is 9.76. The molecule has 0 fully saturated rings. The second-order valence-corrected chi connectivity index (χ2v) is 8.29. The molecule has 2 aromatic rings. The number of rotatable bonds is 5. The highest BCUT2D eigenvalue weighted by Gasteiger charge is 2.17. The predicted octanol–water partition coefficient (Wildman–Crippen LogP) is 2.91. The molecule has 0 heterocycles. The van der Waals surface area contributed by atoms with Crippen molar-refractivity contribution in [1.29, 1.82) is 0 Å². The third kappa shape index (κ3) is 4.57. The van der Waals surface area contributed by atoms with Gasteiger partial charge in [-0.15, -0.1) is 0 Å². The molecule has 0 aromatic heterocycles. The number of hydrogen-bond donors (Lipinski definition) is 2. The number of phenolic OH excluding ortho intramolecular Hbond substituents is 1. The quantitative estimate of drug-likeness (QED) is 0.471. The van der Waals surface area contributed by atoms with Crippen LogP contribution in [0.1, 0.15) is 31.9 Å². The van der Waals surface area contributed by atoms with Crippen LogP contribution in [0.2, 0.25) is 0 Å². The van der Waals surface area contributed by atoms with Gasteiger partial charge in [-0.3, -0.25) is 10.1 Å². The second-order valence-electron chi connectivity index (χ2n) is 6.63. The molecule has 2 N–H and O–H groups in total. The average molecular weight is 377 g/mol. The first-order valence-electron chi connectivity index (χ1n) is 7.63. The Morgan fingerprint density at radius 1 is 1.15 bits per heavy atom. The fraction of sp³-hybridized carbons (Fsp3) is 0.235. The fourth-order valence-corrected chi connectivity index (χ4v) is 2.90. The highest BCUT2D eigenvalue weighted by molar-refractivity contribution is 7.89. The summed E-state index contributed by atoms with van der Waals surface area (Å²) in [6.45, 7) is 6.06. The van der Waals surface area contributed by atoms with Gasteiger partial charge in [-0.05, 0) is 29.2 Å². The number of nitrogens with zero attached hydrogens (tertiary/aromatic N) is 2. The van der Waals surface area contributed by atoms with Crippen molar-refractivity contribution in [2.45, 2.75) is 31.1 Å². The van der Waals surface area contributed by atoms with Gasteiger partial charge in [0.25, 0.3) is 15.7 Å². The molecule has 0 saturated carbocycles. The van der Waals surface area contributed by atoms with Crippen LogP contribution in [0.15, 0.2) is 52.5 Å². The summed E-state index contributed by atoms with van der Waals surface area (Å²) >= 11 is 0. The van der Waals surface area contributed by atoms with E-state index in [0.29, 0.717) is 0 Å². The number of sulfonamides is 1. The number of hydrazone groups is 1. The zero-order valence-corrected chi connectivity index (χ0v) is 15.3. The lowest BCUT2D eigenvalue weighted by atomic mass is 9.87. The Balaban J connectivity index is 2.19. The van der Waals surface area contributed by atoms with Crippen LogP contribution < -0.4 is 4.83 Å². The molecule has 0 bridgehead atoms. The van der Waals surface area contributed by atoms with Crippen molar-refractivity contribution in [3.8, 4) is 5.75 Å². The van der Waals surface area contributed by atoms with Crippen LogP contribution in [-0.4, -0.2) is 24.7 Å². The van der Waals surface area contributed by atoms with Crippen molar-refractivity contribution < 1.29 is 18.4 Å². The number of phenols is 1. The van der Waals surface area contributed by atoms with Crippen LogP contribution in [0.3, 0.4) is 0 Å². The van der Waals surface area contributed by atoms with E-state index in [2.05, 4.69) is 5.10 Å². The molecule has 0 unspecified atom stereocenters. The Morgan fingerprint density at radius 3 is 2.31 bits per heavy atom. The summed E-state index contributed by atoms with van der Waals surface area (Å²) in [5.41, 5.74) is 0.657. The van der Waals surface area contributed by atoms with Crippen molar-refractivity contribution in [2.24, 2.45) is 5.10 Å². The third-order valence-electron chi connectivity index (χ3n) is 3.63. The molecule has 26 heavy (non-hydrogen) atoms. The lowest BCUT2D eigenvalue weighted by Gasteiger charge is -2.19. The number of non-ortho nitro benzene ring substituents is 1. The molecule has 9 heteroatoms. The van der Waals surface area contributed by atoms with Gasteiger partial charge in [-0.2, -0.15) is 13.5 Å². The largest absolute Gasteiger partial charge is 0.507 e. The minimum atomic E-state index is -3.90. The maximum Gasteiger partial charge on any atom is 0.276 e. The van der Waals surface area contributed by atoms with Gasteiger partial charge in [0.1, 0.15) is 5.75 Å². The van der Waals surface area contributed by atoms with Gasteiger partial charge in [0.2, 0.25) is 0 Å². The molecule has 0 atom stereocenters. The van der Waals surface area contributed by atoms with Gasteiger partial charge in [-0.1, -0.05) is 32.9 Å². The van der Waals surface area contributed by atoms with E-state index < -0.39 is 14.9 Å². The second kappa shape index (κ2) is 7.12. The van der Waals surface area contributed by atoms with Gasteiger partial charge < -0.3 is 5.11 Å². The summed E-state index contributed by atoms with van der Waals surface area (Å²) in [4.78, 5) is 12.2. The molecule has 0 amide bonds. The van der Waals surface area contributed by atoms with Crippen molar-refractivity contribution >= 4 is 21.9 Å². The van der Waals surface area contributed by atoms with Crippen LogP contribution in [0, 0.1) is 10.1 Å². The Morgan fingerprint density at radius 2 is 1.77 bits per heavy atom. The molecule has 0 spiro atoms. The van der Waals surface area contributed by atoms with E-state index in [1.54, 1.807) is 12.1 Å². The number of benzene rings is 2. The summed E-state index contributed by atoms with van der Waals surface area (Å²) in [5, 5.41) is 24.0. The highest BCUT2D eigenvalue weighted by atomic mass is 32.2. The standard InChI is InChI=1S/C17H19N3O5S/c1-17(2,3)13-4-7-15(8-5-13)26(24,25)19-18-11-12-10-14(20(22)23)6-9-16(12)21/h4-11,19,21H,1-3H3/b18-11-. The predicted molar refractivity (Wildman–Crippen MR) is 97.8 cm³/mol. The van der Waals surface area contributed by atoms with E-state index >= 15 is 0 Å². The van der Waals surface area contributed by atoms with E-state index in [1.807, 2.05) is 25.6 Å². The number of nitrogens with one attached hydrogen (secondary N) is 1. The molecular formula is C17H19N3O5S. The number of nitro groups is 1. The average Bonchev–Trinajstić information content (AvgIpc) is 2.55. The minimum Gasteiger partial charge on any atom is -0.507 e. The lowest BCUT2D eigenvalue weighted by molar-refractivity contribution is -0.384. The van der Waals surface area contributed by atoms with Gasteiger partial charge >= 0.3 is 0 Å². The molecular weight excluding hydrogens is 358 g/mol. The van der Waals surface area contributed by atoms with Crippen molar-refractivity contribution in [3.05, 3.63) is 63.7 Å². The zero-order chi connectivity index (χ0) is 19.5. The summed E-state index contributed by atoms with van der Waals surface area (Å²) < 4.78 is 24.5. The van der Waals surface area contributed by atoms with Crippen LogP contribution in [-0.2, 0) is 15.4 Å². The Bertz CT molecular complexity index is 945. The third-order valence-corrected chi connectivity index (χ3v) is 4.87. The Labute approximate surface area is 151 Å². The molecule has 0 aliphatic heterocycles. The molecule has 0 aliphatic rings. The first-order valence-corrected chi connectivity index (χ1v) is 9.12. The normalized spacial score (nSPS) is 12.3. The van der Waals surface area contributed by atoms with Crippen LogP contribution in [0.4, 0.5) is 5.69 Å². The first kappa shape index (κ1) is 19.4. The van der Waals surface area contributed by atoms with Gasteiger partial charge in [0, 0.05) is 17.7 Å². The summed E-state index contributed by atoms with van der Waals surface area (Å²) in [6.07, 6.45) is 1.00. The first-order chi connectivity index (χ1) is 12.0. The summed E-state index contributed by atoms with van der Waals surface area (Å²) in [5.74, 6) is -0.256.